The lowest BCUT2D eigenvalue weighted by molar-refractivity contribution is -0.143. The van der Waals surface area contributed by atoms with Crippen LogP contribution in [0.25, 0.3) is 21.9 Å². The molecule has 138 valence electrons. The first-order chi connectivity index (χ1) is 12.2. The van der Waals surface area contributed by atoms with E-state index in [1.165, 1.54) is 19.2 Å². The summed E-state index contributed by atoms with van der Waals surface area (Å²) in [4.78, 5) is 11.9. The second-order valence-electron chi connectivity index (χ2n) is 6.27. The zero-order valence-electron chi connectivity index (χ0n) is 14.4. The van der Waals surface area contributed by atoms with Crippen LogP contribution in [0.1, 0.15) is 13.8 Å². The van der Waals surface area contributed by atoms with Crippen LogP contribution in [0.15, 0.2) is 50.2 Å². The molecule has 0 saturated carbocycles. The Balaban J connectivity index is 2.03. The van der Waals surface area contributed by atoms with E-state index in [0.717, 1.165) is 15.2 Å². The number of rotatable bonds is 5. The third kappa shape index (κ3) is 3.49. The summed E-state index contributed by atoms with van der Waals surface area (Å²) in [6, 6.07) is 9.28. The van der Waals surface area contributed by atoms with Crippen molar-refractivity contribution in [1.82, 2.24) is 4.72 Å². The first-order valence-corrected chi connectivity index (χ1v) is 10.2. The Labute approximate surface area is 159 Å². The fourth-order valence-corrected chi connectivity index (χ4v) is 4.42. The van der Waals surface area contributed by atoms with Crippen molar-refractivity contribution >= 4 is 53.9 Å². The van der Waals surface area contributed by atoms with Gasteiger partial charge in [0.15, 0.2) is 0 Å². The molecule has 0 saturated heterocycles. The molecular weight excluding hydrogens is 422 g/mol. The number of ether oxygens (including phenoxy) is 1. The van der Waals surface area contributed by atoms with Crippen molar-refractivity contribution in [1.29, 1.82) is 0 Å². The Morgan fingerprint density at radius 1 is 1.12 bits per heavy atom. The largest absolute Gasteiger partial charge is 0.468 e. The molecule has 6 nitrogen and oxygen atoms in total. The Kier molecular flexibility index (Phi) is 5.09. The number of methoxy groups -OCH3 is 1. The molecule has 0 aliphatic carbocycles. The van der Waals surface area contributed by atoms with Crippen molar-refractivity contribution in [3.05, 3.63) is 40.9 Å². The van der Waals surface area contributed by atoms with Crippen molar-refractivity contribution in [2.75, 3.05) is 7.11 Å². The number of nitrogens with one attached hydrogen (secondary N) is 1. The fourth-order valence-electron chi connectivity index (χ4n) is 2.72. The summed E-state index contributed by atoms with van der Waals surface area (Å²) in [5.41, 5.74) is 1.13. The van der Waals surface area contributed by atoms with E-state index in [-0.39, 0.29) is 10.8 Å². The number of halogens is 1. The molecule has 8 heteroatoms. The molecule has 2 aromatic carbocycles. The van der Waals surface area contributed by atoms with E-state index in [4.69, 9.17) is 4.42 Å². The average Bonchev–Trinajstić information content (AvgIpc) is 2.96. The number of hydrogen-bond acceptors (Lipinski definition) is 5. The number of fused-ring (bicyclic) bond motifs is 3. The van der Waals surface area contributed by atoms with Crippen LogP contribution in [0.4, 0.5) is 0 Å². The molecule has 1 heterocycles. The Morgan fingerprint density at radius 2 is 1.85 bits per heavy atom. The summed E-state index contributed by atoms with van der Waals surface area (Å²) < 4.78 is 39.2. The van der Waals surface area contributed by atoms with Gasteiger partial charge >= 0.3 is 5.97 Å². The highest BCUT2D eigenvalue weighted by molar-refractivity contribution is 9.10. The van der Waals surface area contributed by atoms with Gasteiger partial charge in [0.25, 0.3) is 0 Å². The molecule has 0 aliphatic rings. The molecule has 0 aliphatic heterocycles. The average molecular weight is 440 g/mol. The highest BCUT2D eigenvalue weighted by Crippen LogP contribution is 2.32. The lowest BCUT2D eigenvalue weighted by Gasteiger charge is -2.19. The number of carbonyl (C=O) groups excluding carboxylic acids is 1. The van der Waals surface area contributed by atoms with E-state index in [0.29, 0.717) is 11.2 Å². The molecule has 1 unspecified atom stereocenters. The minimum Gasteiger partial charge on any atom is -0.468 e. The molecular formula is C18H18BrNO5S. The molecule has 0 spiro atoms. The maximum atomic E-state index is 12.7. The van der Waals surface area contributed by atoms with Gasteiger partial charge in [-0.3, -0.25) is 4.79 Å². The molecule has 1 aromatic heterocycles. The van der Waals surface area contributed by atoms with Gasteiger partial charge in [-0.1, -0.05) is 29.8 Å². The Hall–Kier alpha value is -1.90. The lowest BCUT2D eigenvalue weighted by Crippen LogP contribution is -2.44. The summed E-state index contributed by atoms with van der Waals surface area (Å²) in [7, 11) is -2.69. The minimum atomic E-state index is -3.92. The number of hydrogen-bond donors (Lipinski definition) is 1. The van der Waals surface area contributed by atoms with Crippen LogP contribution in [0.3, 0.4) is 0 Å². The van der Waals surface area contributed by atoms with Gasteiger partial charge in [0.1, 0.15) is 17.2 Å². The third-order valence-corrected chi connectivity index (χ3v) is 6.05. The molecule has 26 heavy (non-hydrogen) atoms. The van der Waals surface area contributed by atoms with Gasteiger partial charge in [0, 0.05) is 21.3 Å². The van der Waals surface area contributed by atoms with Gasteiger partial charge in [-0.2, -0.15) is 4.72 Å². The smallest absolute Gasteiger partial charge is 0.324 e. The molecule has 0 radical (unpaired) electrons. The fraction of sp³-hybridized carbons (Fsp3) is 0.278. The number of furan rings is 1. The van der Waals surface area contributed by atoms with E-state index in [1.807, 2.05) is 18.2 Å². The van der Waals surface area contributed by atoms with Crippen molar-refractivity contribution in [3.63, 3.8) is 0 Å². The number of benzene rings is 2. The quantitative estimate of drug-likeness (QED) is 0.610. The van der Waals surface area contributed by atoms with Crippen LogP contribution in [-0.4, -0.2) is 27.5 Å². The summed E-state index contributed by atoms with van der Waals surface area (Å²) in [6.07, 6.45) is 0. The van der Waals surface area contributed by atoms with E-state index in [2.05, 4.69) is 25.4 Å². The number of sulfonamides is 1. The van der Waals surface area contributed by atoms with E-state index in [9.17, 15) is 13.2 Å². The normalized spacial score (nSPS) is 13.4. The van der Waals surface area contributed by atoms with Crippen molar-refractivity contribution in [2.45, 2.75) is 24.8 Å². The van der Waals surface area contributed by atoms with Gasteiger partial charge in [-0.15, -0.1) is 0 Å². The van der Waals surface area contributed by atoms with Gasteiger partial charge in [-0.25, -0.2) is 8.42 Å². The molecule has 3 aromatic rings. The van der Waals surface area contributed by atoms with Crippen molar-refractivity contribution in [2.24, 2.45) is 5.92 Å². The molecule has 0 bridgehead atoms. The zero-order chi connectivity index (χ0) is 19.1. The van der Waals surface area contributed by atoms with Gasteiger partial charge < -0.3 is 9.15 Å². The summed E-state index contributed by atoms with van der Waals surface area (Å²) in [5, 5.41) is 1.70. The van der Waals surface area contributed by atoms with Gasteiger partial charge in [-0.05, 0) is 36.2 Å². The van der Waals surface area contributed by atoms with Gasteiger partial charge in [0.2, 0.25) is 10.0 Å². The van der Waals surface area contributed by atoms with E-state index in [1.54, 1.807) is 19.9 Å². The SMILES string of the molecule is COC(=O)C(NS(=O)(=O)c1ccc2c(c1)oc1ccc(Br)cc12)C(C)C. The van der Waals surface area contributed by atoms with Crippen molar-refractivity contribution < 1.29 is 22.4 Å². The number of esters is 1. The second kappa shape index (κ2) is 7.02. The standard InChI is InChI=1S/C18H18BrNO5S/c1-10(2)17(18(21)24-3)20-26(22,23)12-5-6-13-14-8-11(19)4-7-15(14)25-16(13)9-12/h4-10,17,20H,1-3H3. The highest BCUT2D eigenvalue weighted by atomic mass is 79.9. The second-order valence-corrected chi connectivity index (χ2v) is 8.90. The molecule has 1 N–H and O–H groups in total. The van der Waals surface area contributed by atoms with Crippen LogP contribution in [-0.2, 0) is 19.6 Å². The van der Waals surface area contributed by atoms with Crippen molar-refractivity contribution in [3.8, 4) is 0 Å². The Morgan fingerprint density at radius 3 is 2.50 bits per heavy atom. The summed E-state index contributed by atoms with van der Waals surface area (Å²) in [5.74, 6) is -0.886. The van der Waals surface area contributed by atoms with E-state index >= 15 is 0 Å². The highest BCUT2D eigenvalue weighted by Gasteiger charge is 2.29. The monoisotopic (exact) mass is 439 g/mol. The van der Waals surface area contributed by atoms with Crippen LogP contribution in [0.2, 0.25) is 0 Å². The summed E-state index contributed by atoms with van der Waals surface area (Å²) in [6.45, 7) is 3.48. The maximum absolute atomic E-state index is 12.7. The van der Waals surface area contributed by atoms with E-state index < -0.39 is 22.0 Å². The van der Waals surface area contributed by atoms with Crippen LogP contribution >= 0.6 is 15.9 Å². The zero-order valence-corrected chi connectivity index (χ0v) is 16.8. The molecule has 3 rings (SSSR count). The van der Waals surface area contributed by atoms with Crippen LogP contribution in [0, 0.1) is 5.92 Å². The third-order valence-electron chi connectivity index (χ3n) is 4.12. The molecule has 1 atom stereocenters. The first kappa shape index (κ1) is 18.9. The minimum absolute atomic E-state index is 0.0256. The number of carbonyl (C=O) groups is 1. The maximum Gasteiger partial charge on any atom is 0.324 e. The lowest BCUT2D eigenvalue weighted by atomic mass is 10.1. The predicted molar refractivity (Wildman–Crippen MR) is 102 cm³/mol. The molecule has 0 amide bonds. The summed E-state index contributed by atoms with van der Waals surface area (Å²) >= 11 is 3.42. The van der Waals surface area contributed by atoms with Gasteiger partial charge in [0.05, 0.1) is 12.0 Å². The first-order valence-electron chi connectivity index (χ1n) is 7.95. The molecule has 0 fully saturated rings. The topological polar surface area (TPSA) is 85.6 Å². The van der Waals surface area contributed by atoms with Crippen LogP contribution < -0.4 is 4.72 Å². The predicted octanol–water partition coefficient (Wildman–Crippen LogP) is 3.82. The Bertz CT molecular complexity index is 1090. The van der Waals surface area contributed by atoms with Crippen LogP contribution in [0.5, 0.6) is 0 Å².